The summed E-state index contributed by atoms with van der Waals surface area (Å²) in [7, 11) is 0. The van der Waals surface area contributed by atoms with Crippen molar-refractivity contribution in [2.75, 3.05) is 0 Å². The summed E-state index contributed by atoms with van der Waals surface area (Å²) in [6.07, 6.45) is 1.11. The molecule has 1 saturated carbocycles. The normalized spacial score (nSPS) is 16.8. The molecule has 1 N–H and O–H groups in total. The second-order valence-electron chi connectivity index (χ2n) is 3.69. The fraction of sp³-hybridized carbons (Fsp3) is 0.273. The SMILES string of the molecule is N#Cc1cc(C2(C(=O)O)CC2)ccc1F. The molecule has 0 radical (unpaired) electrons. The lowest BCUT2D eigenvalue weighted by Gasteiger charge is -2.10. The van der Waals surface area contributed by atoms with E-state index in [1.807, 2.05) is 0 Å². The fourth-order valence-corrected chi connectivity index (χ4v) is 1.66. The Morgan fingerprint density at radius 1 is 1.53 bits per heavy atom. The van der Waals surface area contributed by atoms with E-state index in [1.165, 1.54) is 12.1 Å². The molecule has 2 rings (SSSR count). The smallest absolute Gasteiger partial charge is 0.314 e. The number of benzene rings is 1. The van der Waals surface area contributed by atoms with Crippen molar-refractivity contribution in [3.8, 4) is 6.07 Å². The first-order valence-electron chi connectivity index (χ1n) is 4.54. The minimum absolute atomic E-state index is 0.0972. The summed E-state index contributed by atoms with van der Waals surface area (Å²) in [4.78, 5) is 11.0. The fourth-order valence-electron chi connectivity index (χ4n) is 1.66. The van der Waals surface area contributed by atoms with Crippen LogP contribution in [0.1, 0.15) is 24.0 Å². The van der Waals surface area contributed by atoms with Crippen LogP contribution < -0.4 is 0 Å². The Hall–Kier alpha value is -1.89. The highest BCUT2D eigenvalue weighted by atomic mass is 19.1. The molecule has 4 heteroatoms. The second-order valence-corrected chi connectivity index (χ2v) is 3.69. The molecule has 0 aliphatic heterocycles. The Bertz CT molecular complexity index is 472. The maximum absolute atomic E-state index is 13.0. The third kappa shape index (κ3) is 1.37. The molecule has 0 heterocycles. The Kier molecular flexibility index (Phi) is 1.97. The highest BCUT2D eigenvalue weighted by Gasteiger charge is 2.51. The van der Waals surface area contributed by atoms with Crippen LogP contribution in [-0.2, 0) is 10.2 Å². The number of hydrogen-bond acceptors (Lipinski definition) is 2. The van der Waals surface area contributed by atoms with E-state index in [1.54, 1.807) is 6.07 Å². The van der Waals surface area contributed by atoms with E-state index in [9.17, 15) is 9.18 Å². The number of rotatable bonds is 2. The molecule has 3 nitrogen and oxygen atoms in total. The van der Waals surface area contributed by atoms with Gasteiger partial charge in [0.25, 0.3) is 0 Å². The highest BCUT2D eigenvalue weighted by Crippen LogP contribution is 2.48. The Morgan fingerprint density at radius 2 is 2.20 bits per heavy atom. The number of nitriles is 1. The van der Waals surface area contributed by atoms with E-state index in [0.29, 0.717) is 18.4 Å². The van der Waals surface area contributed by atoms with E-state index >= 15 is 0 Å². The number of halogens is 1. The molecule has 76 valence electrons. The van der Waals surface area contributed by atoms with Crippen LogP contribution in [0.2, 0.25) is 0 Å². The molecular weight excluding hydrogens is 197 g/mol. The predicted molar refractivity (Wildman–Crippen MR) is 49.7 cm³/mol. The third-order valence-electron chi connectivity index (χ3n) is 2.80. The molecule has 1 fully saturated rings. The van der Waals surface area contributed by atoms with E-state index in [-0.39, 0.29) is 5.56 Å². The van der Waals surface area contributed by atoms with Gasteiger partial charge in [0.2, 0.25) is 0 Å². The minimum Gasteiger partial charge on any atom is -0.481 e. The van der Waals surface area contributed by atoms with Crippen LogP contribution in [0.5, 0.6) is 0 Å². The molecule has 1 aromatic rings. The zero-order valence-electron chi connectivity index (χ0n) is 7.83. The van der Waals surface area contributed by atoms with Crippen molar-refractivity contribution in [2.24, 2.45) is 0 Å². The Labute approximate surface area is 85.8 Å². The average Bonchev–Trinajstić information content (AvgIpc) is 2.99. The summed E-state index contributed by atoms with van der Waals surface area (Å²) in [5, 5.41) is 17.6. The molecule has 0 saturated heterocycles. The van der Waals surface area contributed by atoms with E-state index < -0.39 is 17.2 Å². The minimum atomic E-state index is -0.905. The Balaban J connectivity index is 2.48. The third-order valence-corrected chi connectivity index (χ3v) is 2.80. The molecular formula is C11H8FNO2. The van der Waals surface area contributed by atoms with Crippen molar-refractivity contribution in [3.05, 3.63) is 35.1 Å². The zero-order chi connectivity index (χ0) is 11.1. The van der Waals surface area contributed by atoms with Gasteiger partial charge >= 0.3 is 5.97 Å². The maximum atomic E-state index is 13.0. The summed E-state index contributed by atoms with van der Waals surface area (Å²) < 4.78 is 13.0. The summed E-state index contributed by atoms with van der Waals surface area (Å²) in [6, 6.07) is 5.63. The highest BCUT2D eigenvalue weighted by molar-refractivity contribution is 5.85. The first-order chi connectivity index (χ1) is 7.10. The number of carboxylic acid groups (broad SMARTS) is 1. The number of carboxylic acids is 1. The van der Waals surface area contributed by atoms with Crippen LogP contribution in [-0.4, -0.2) is 11.1 Å². The van der Waals surface area contributed by atoms with Crippen LogP contribution in [0.4, 0.5) is 4.39 Å². The van der Waals surface area contributed by atoms with Gasteiger partial charge in [-0.15, -0.1) is 0 Å². The lowest BCUT2D eigenvalue weighted by atomic mass is 9.94. The lowest BCUT2D eigenvalue weighted by molar-refractivity contribution is -0.140. The number of hydrogen-bond donors (Lipinski definition) is 1. The molecule has 0 bridgehead atoms. The zero-order valence-corrected chi connectivity index (χ0v) is 7.83. The van der Waals surface area contributed by atoms with Gasteiger partial charge in [0.15, 0.2) is 0 Å². The van der Waals surface area contributed by atoms with Crippen LogP contribution >= 0.6 is 0 Å². The van der Waals surface area contributed by atoms with Crippen molar-refractivity contribution < 1.29 is 14.3 Å². The predicted octanol–water partition coefficient (Wildman–Crippen LogP) is 1.81. The van der Waals surface area contributed by atoms with Crippen molar-refractivity contribution in [1.29, 1.82) is 5.26 Å². The van der Waals surface area contributed by atoms with Gasteiger partial charge in [-0.25, -0.2) is 4.39 Å². The molecule has 1 aliphatic rings. The molecule has 0 unspecified atom stereocenters. The molecule has 1 aromatic carbocycles. The van der Waals surface area contributed by atoms with Crippen LogP contribution in [0.25, 0.3) is 0 Å². The average molecular weight is 205 g/mol. The standard InChI is InChI=1S/C11H8FNO2/c12-9-2-1-8(5-7(9)6-13)11(3-4-11)10(14)15/h1-2,5H,3-4H2,(H,14,15). The van der Waals surface area contributed by atoms with Crippen LogP contribution in [0.15, 0.2) is 18.2 Å². The molecule has 15 heavy (non-hydrogen) atoms. The first kappa shape index (κ1) is 9.66. The van der Waals surface area contributed by atoms with Gasteiger partial charge in [-0.1, -0.05) is 6.07 Å². The van der Waals surface area contributed by atoms with Gasteiger partial charge in [0.05, 0.1) is 11.0 Å². The largest absolute Gasteiger partial charge is 0.481 e. The van der Waals surface area contributed by atoms with Crippen molar-refractivity contribution in [2.45, 2.75) is 18.3 Å². The number of carbonyl (C=O) groups is 1. The van der Waals surface area contributed by atoms with Crippen LogP contribution in [0, 0.1) is 17.1 Å². The monoisotopic (exact) mass is 205 g/mol. The number of aliphatic carboxylic acids is 1. The lowest BCUT2D eigenvalue weighted by Crippen LogP contribution is -2.19. The van der Waals surface area contributed by atoms with Crippen molar-refractivity contribution in [1.82, 2.24) is 0 Å². The van der Waals surface area contributed by atoms with Crippen LogP contribution in [0.3, 0.4) is 0 Å². The summed E-state index contributed by atoms with van der Waals surface area (Å²) in [6.45, 7) is 0. The second kappa shape index (κ2) is 3.06. The topological polar surface area (TPSA) is 61.1 Å². The van der Waals surface area contributed by atoms with Gasteiger partial charge in [0.1, 0.15) is 11.9 Å². The van der Waals surface area contributed by atoms with Gasteiger partial charge in [-0.3, -0.25) is 4.79 Å². The summed E-state index contributed by atoms with van der Waals surface area (Å²) in [5.74, 6) is -1.51. The molecule has 0 aromatic heterocycles. The van der Waals surface area contributed by atoms with Gasteiger partial charge in [-0.2, -0.15) is 5.26 Å². The Morgan fingerprint density at radius 3 is 2.67 bits per heavy atom. The van der Waals surface area contributed by atoms with Gasteiger partial charge in [0, 0.05) is 0 Å². The molecule has 0 atom stereocenters. The molecule has 0 spiro atoms. The quantitative estimate of drug-likeness (QED) is 0.800. The van der Waals surface area contributed by atoms with Crippen molar-refractivity contribution >= 4 is 5.97 Å². The molecule has 0 amide bonds. The van der Waals surface area contributed by atoms with E-state index in [2.05, 4.69) is 0 Å². The number of nitrogens with zero attached hydrogens (tertiary/aromatic N) is 1. The summed E-state index contributed by atoms with van der Waals surface area (Å²) >= 11 is 0. The summed E-state index contributed by atoms with van der Waals surface area (Å²) in [5.41, 5.74) is -0.452. The van der Waals surface area contributed by atoms with Gasteiger partial charge in [-0.05, 0) is 30.5 Å². The molecule has 1 aliphatic carbocycles. The maximum Gasteiger partial charge on any atom is 0.314 e. The van der Waals surface area contributed by atoms with Crippen molar-refractivity contribution in [3.63, 3.8) is 0 Å². The van der Waals surface area contributed by atoms with E-state index in [4.69, 9.17) is 10.4 Å². The van der Waals surface area contributed by atoms with Gasteiger partial charge < -0.3 is 5.11 Å². The van der Waals surface area contributed by atoms with E-state index in [0.717, 1.165) is 6.07 Å². The first-order valence-corrected chi connectivity index (χ1v) is 4.54.